The fraction of sp³-hybridized carbons (Fsp3) is 0.519. The van der Waals surface area contributed by atoms with Gasteiger partial charge in [-0.3, -0.25) is 10.1 Å². The van der Waals surface area contributed by atoms with Crippen molar-refractivity contribution in [1.29, 1.82) is 0 Å². The predicted molar refractivity (Wildman–Crippen MR) is 138 cm³/mol. The number of nitrogens with one attached hydrogen (secondary N) is 1. The SMILES string of the molecule is CCCC[C@]1(CC)CS(=O)(=O)c2cc(CN(C)CCC(=O)O)c(OC)cc2[C@@H](c2ccccc2)N1. The Kier molecular flexibility index (Phi) is 8.96. The van der Waals surface area contributed by atoms with E-state index < -0.39 is 21.3 Å². The third-order valence-corrected chi connectivity index (χ3v) is 8.90. The largest absolute Gasteiger partial charge is 0.496 e. The van der Waals surface area contributed by atoms with Crippen molar-refractivity contribution in [2.45, 2.75) is 69.0 Å². The van der Waals surface area contributed by atoms with Crippen molar-refractivity contribution < 1.29 is 23.1 Å². The fourth-order valence-corrected chi connectivity index (χ4v) is 7.07. The molecule has 3 rings (SSSR count). The van der Waals surface area contributed by atoms with Crippen molar-refractivity contribution in [3.8, 4) is 5.75 Å². The van der Waals surface area contributed by atoms with Crippen molar-refractivity contribution >= 4 is 15.8 Å². The van der Waals surface area contributed by atoms with E-state index in [1.807, 2.05) is 48.3 Å². The van der Waals surface area contributed by atoms with Gasteiger partial charge in [0.05, 0.1) is 30.2 Å². The number of methoxy groups -OCH3 is 1. The maximum Gasteiger partial charge on any atom is 0.304 e. The Labute approximate surface area is 209 Å². The molecule has 0 fully saturated rings. The topological polar surface area (TPSA) is 95.9 Å². The maximum atomic E-state index is 13.9. The number of ether oxygens (including phenoxy) is 1. The summed E-state index contributed by atoms with van der Waals surface area (Å²) in [6, 6.07) is 13.2. The summed E-state index contributed by atoms with van der Waals surface area (Å²) < 4.78 is 33.5. The van der Waals surface area contributed by atoms with E-state index in [4.69, 9.17) is 9.84 Å². The summed E-state index contributed by atoms with van der Waals surface area (Å²) in [4.78, 5) is 13.2. The van der Waals surface area contributed by atoms with Gasteiger partial charge in [0.2, 0.25) is 0 Å². The monoisotopic (exact) mass is 502 g/mol. The van der Waals surface area contributed by atoms with Gasteiger partial charge >= 0.3 is 5.97 Å². The quantitative estimate of drug-likeness (QED) is 0.470. The first-order valence-electron chi connectivity index (χ1n) is 12.3. The first kappa shape index (κ1) is 27.2. The summed E-state index contributed by atoms with van der Waals surface area (Å²) in [6.07, 6.45) is 3.42. The van der Waals surface area contributed by atoms with Gasteiger partial charge in [0.15, 0.2) is 9.84 Å². The molecule has 0 saturated heterocycles. The van der Waals surface area contributed by atoms with Gasteiger partial charge < -0.3 is 14.7 Å². The Bertz CT molecular complexity index is 1120. The minimum Gasteiger partial charge on any atom is -0.496 e. The zero-order valence-electron chi connectivity index (χ0n) is 21.2. The van der Waals surface area contributed by atoms with Crippen LogP contribution in [-0.4, -0.2) is 56.4 Å². The van der Waals surface area contributed by atoms with E-state index in [0.717, 1.165) is 30.4 Å². The smallest absolute Gasteiger partial charge is 0.304 e. The van der Waals surface area contributed by atoms with Crippen LogP contribution in [0.4, 0.5) is 0 Å². The Morgan fingerprint density at radius 2 is 1.94 bits per heavy atom. The number of hydrogen-bond donors (Lipinski definition) is 2. The Hall–Kier alpha value is -2.42. The lowest BCUT2D eigenvalue weighted by molar-refractivity contribution is -0.137. The number of sulfone groups is 1. The number of fused-ring (bicyclic) bond motifs is 1. The number of hydrogen-bond acceptors (Lipinski definition) is 6. The molecule has 0 spiro atoms. The van der Waals surface area contributed by atoms with Crippen LogP contribution in [-0.2, 0) is 21.2 Å². The third-order valence-electron chi connectivity index (χ3n) is 6.94. The number of carboxylic acids is 1. The van der Waals surface area contributed by atoms with Gasteiger partial charge in [-0.15, -0.1) is 0 Å². The number of nitrogens with zero attached hydrogens (tertiary/aromatic N) is 1. The minimum atomic E-state index is -3.61. The average molecular weight is 503 g/mol. The predicted octanol–water partition coefficient (Wildman–Crippen LogP) is 4.41. The molecule has 2 atom stereocenters. The van der Waals surface area contributed by atoms with Crippen LogP contribution in [0.1, 0.15) is 68.7 Å². The van der Waals surface area contributed by atoms with Gasteiger partial charge in [0.1, 0.15) is 5.75 Å². The van der Waals surface area contributed by atoms with Crippen molar-refractivity contribution in [3.05, 3.63) is 59.2 Å². The third kappa shape index (κ3) is 6.42. The second-order valence-electron chi connectivity index (χ2n) is 9.57. The van der Waals surface area contributed by atoms with Gasteiger partial charge in [-0.1, -0.05) is 57.0 Å². The number of rotatable bonds is 11. The number of aliphatic carboxylic acids is 1. The number of unbranched alkanes of at least 4 members (excludes halogenated alkanes) is 1. The highest BCUT2D eigenvalue weighted by molar-refractivity contribution is 7.91. The van der Waals surface area contributed by atoms with E-state index in [0.29, 0.717) is 35.7 Å². The highest BCUT2D eigenvalue weighted by Crippen LogP contribution is 2.41. The van der Waals surface area contributed by atoms with E-state index in [-0.39, 0.29) is 18.2 Å². The van der Waals surface area contributed by atoms with Gasteiger partial charge in [0.25, 0.3) is 0 Å². The molecule has 1 aliphatic rings. The normalized spacial score (nSPS) is 21.3. The van der Waals surface area contributed by atoms with E-state index in [9.17, 15) is 13.2 Å². The molecule has 0 aromatic heterocycles. The minimum absolute atomic E-state index is 0.0124. The second kappa shape index (κ2) is 11.5. The van der Waals surface area contributed by atoms with E-state index in [2.05, 4.69) is 19.2 Å². The summed E-state index contributed by atoms with van der Waals surface area (Å²) in [5.74, 6) is -0.234. The highest BCUT2D eigenvalue weighted by Gasteiger charge is 2.42. The summed E-state index contributed by atoms with van der Waals surface area (Å²) in [6.45, 7) is 4.92. The van der Waals surface area contributed by atoms with Crippen molar-refractivity contribution in [1.82, 2.24) is 10.2 Å². The zero-order valence-corrected chi connectivity index (χ0v) is 22.0. The molecule has 2 aromatic rings. The molecular weight excluding hydrogens is 464 g/mol. The van der Waals surface area contributed by atoms with Crippen molar-refractivity contribution in [2.24, 2.45) is 0 Å². The lowest BCUT2D eigenvalue weighted by Crippen LogP contribution is -2.50. The van der Waals surface area contributed by atoms with Gasteiger partial charge in [0, 0.05) is 24.2 Å². The molecule has 0 bridgehead atoms. The van der Waals surface area contributed by atoms with Crippen LogP contribution in [0.25, 0.3) is 0 Å². The van der Waals surface area contributed by atoms with E-state index in [1.54, 1.807) is 13.2 Å². The molecule has 8 heteroatoms. The van der Waals surface area contributed by atoms with Gasteiger partial charge in [-0.25, -0.2) is 8.42 Å². The van der Waals surface area contributed by atoms with E-state index in [1.165, 1.54) is 0 Å². The molecule has 35 heavy (non-hydrogen) atoms. The summed E-state index contributed by atoms with van der Waals surface area (Å²) in [5, 5.41) is 12.8. The molecule has 1 heterocycles. The first-order chi connectivity index (χ1) is 16.6. The molecule has 192 valence electrons. The molecule has 2 N–H and O–H groups in total. The fourth-order valence-electron chi connectivity index (χ4n) is 4.90. The number of carbonyl (C=O) groups is 1. The van der Waals surface area contributed by atoms with Crippen LogP contribution in [0.2, 0.25) is 0 Å². The summed E-state index contributed by atoms with van der Waals surface area (Å²) >= 11 is 0. The van der Waals surface area contributed by atoms with Gasteiger partial charge in [-0.05, 0) is 43.1 Å². The van der Waals surface area contributed by atoms with Crippen LogP contribution < -0.4 is 10.1 Å². The van der Waals surface area contributed by atoms with E-state index >= 15 is 0 Å². The molecule has 0 radical (unpaired) electrons. The van der Waals surface area contributed by atoms with Crippen LogP contribution >= 0.6 is 0 Å². The molecule has 1 aliphatic heterocycles. The maximum absolute atomic E-state index is 13.9. The zero-order chi connectivity index (χ0) is 25.6. The van der Waals surface area contributed by atoms with Crippen LogP contribution in [0.5, 0.6) is 5.75 Å². The van der Waals surface area contributed by atoms with Crippen LogP contribution in [0.3, 0.4) is 0 Å². The molecule has 0 saturated carbocycles. The molecule has 0 aliphatic carbocycles. The lowest BCUT2D eigenvalue weighted by Gasteiger charge is -2.36. The lowest BCUT2D eigenvalue weighted by atomic mass is 9.88. The first-order valence-corrected chi connectivity index (χ1v) is 14.0. The van der Waals surface area contributed by atoms with Crippen LogP contribution in [0.15, 0.2) is 47.4 Å². The second-order valence-corrected chi connectivity index (χ2v) is 11.5. The summed E-state index contributed by atoms with van der Waals surface area (Å²) in [5.41, 5.74) is 1.89. The number of benzene rings is 2. The molecule has 7 nitrogen and oxygen atoms in total. The molecular formula is C27H38N2O5S. The molecule has 2 aromatic carbocycles. The van der Waals surface area contributed by atoms with Gasteiger partial charge in [-0.2, -0.15) is 0 Å². The number of carboxylic acid groups (broad SMARTS) is 1. The summed E-state index contributed by atoms with van der Waals surface area (Å²) in [7, 11) is -0.207. The molecule has 0 unspecified atom stereocenters. The Balaban J connectivity index is 2.15. The van der Waals surface area contributed by atoms with Crippen LogP contribution in [0, 0.1) is 0 Å². The van der Waals surface area contributed by atoms with Crippen molar-refractivity contribution in [3.63, 3.8) is 0 Å². The Morgan fingerprint density at radius 3 is 2.54 bits per heavy atom. The Morgan fingerprint density at radius 1 is 1.23 bits per heavy atom. The average Bonchev–Trinajstić information content (AvgIpc) is 2.93. The van der Waals surface area contributed by atoms with Crippen molar-refractivity contribution in [2.75, 3.05) is 26.5 Å². The standard InChI is InChI=1S/C27H38N2O5S/c1-5-7-14-27(6-2)19-35(32,33)24-16-21(18-29(3)15-13-25(30)31)23(34-4)17-22(24)26(28-27)20-11-9-8-10-12-20/h8-12,16-17,26,28H,5-7,13-15,18-19H2,1-4H3,(H,30,31)/t26-,27-/m1/s1. The highest BCUT2D eigenvalue weighted by atomic mass is 32.2. The molecule has 0 amide bonds.